The molecule has 178 valence electrons. The Morgan fingerprint density at radius 3 is 2.09 bits per heavy atom. The zero-order chi connectivity index (χ0) is 23.9. The monoisotopic (exact) mass is 456 g/mol. The van der Waals surface area contributed by atoms with E-state index in [2.05, 4.69) is 36.9 Å². The SMILES string of the molecule is CC(C)N(CCCC(C#N)(c1ccc(C(F)(F)F)cc1)C1CCCCC1)Cc1ccccc1. The topological polar surface area (TPSA) is 27.0 Å². The Hall–Kier alpha value is -2.32. The summed E-state index contributed by atoms with van der Waals surface area (Å²) in [6, 6.07) is 18.7. The number of benzene rings is 2. The van der Waals surface area contributed by atoms with Gasteiger partial charge in [-0.05, 0) is 75.3 Å². The highest BCUT2D eigenvalue weighted by Gasteiger charge is 2.41. The second-order valence-corrected chi connectivity index (χ2v) is 9.65. The number of rotatable bonds is 9. The fourth-order valence-electron chi connectivity index (χ4n) is 5.25. The van der Waals surface area contributed by atoms with E-state index in [9.17, 15) is 18.4 Å². The zero-order valence-corrected chi connectivity index (χ0v) is 19.7. The smallest absolute Gasteiger partial charge is 0.297 e. The Kier molecular flexibility index (Phi) is 8.59. The maximum Gasteiger partial charge on any atom is 0.416 e. The Balaban J connectivity index is 1.80. The third-order valence-corrected chi connectivity index (χ3v) is 7.20. The van der Waals surface area contributed by atoms with Gasteiger partial charge in [-0.3, -0.25) is 4.90 Å². The maximum atomic E-state index is 13.1. The van der Waals surface area contributed by atoms with Crippen LogP contribution >= 0.6 is 0 Å². The van der Waals surface area contributed by atoms with Gasteiger partial charge in [-0.1, -0.05) is 61.7 Å². The molecule has 0 N–H and O–H groups in total. The van der Waals surface area contributed by atoms with E-state index in [1.54, 1.807) is 12.1 Å². The highest BCUT2D eigenvalue weighted by Crippen LogP contribution is 2.44. The number of hydrogen-bond acceptors (Lipinski definition) is 2. The lowest BCUT2D eigenvalue weighted by Crippen LogP contribution is -2.37. The zero-order valence-electron chi connectivity index (χ0n) is 19.7. The van der Waals surface area contributed by atoms with Crippen LogP contribution in [0.3, 0.4) is 0 Å². The maximum absolute atomic E-state index is 13.1. The van der Waals surface area contributed by atoms with E-state index >= 15 is 0 Å². The van der Waals surface area contributed by atoms with Crippen molar-refractivity contribution in [2.45, 2.75) is 83.0 Å². The van der Waals surface area contributed by atoms with Crippen LogP contribution in [-0.2, 0) is 18.1 Å². The Morgan fingerprint density at radius 2 is 1.55 bits per heavy atom. The van der Waals surface area contributed by atoms with E-state index in [0.29, 0.717) is 12.5 Å². The molecule has 0 spiro atoms. The van der Waals surface area contributed by atoms with Crippen LogP contribution in [0.2, 0.25) is 0 Å². The van der Waals surface area contributed by atoms with E-state index in [-0.39, 0.29) is 5.92 Å². The van der Waals surface area contributed by atoms with Crippen LogP contribution in [0.15, 0.2) is 54.6 Å². The molecular formula is C28H35F3N2. The minimum absolute atomic E-state index is 0.189. The van der Waals surface area contributed by atoms with Gasteiger partial charge in [0.1, 0.15) is 0 Å². The van der Waals surface area contributed by atoms with Crippen molar-refractivity contribution in [3.05, 3.63) is 71.3 Å². The van der Waals surface area contributed by atoms with E-state index in [0.717, 1.165) is 62.9 Å². The summed E-state index contributed by atoms with van der Waals surface area (Å²) < 4.78 is 39.4. The summed E-state index contributed by atoms with van der Waals surface area (Å²) in [5, 5.41) is 10.4. The summed E-state index contributed by atoms with van der Waals surface area (Å²) in [6.07, 6.45) is 2.39. The molecule has 1 atom stereocenters. The largest absolute Gasteiger partial charge is 0.416 e. The summed E-state index contributed by atoms with van der Waals surface area (Å²) in [4.78, 5) is 2.41. The number of halogens is 3. The molecular weight excluding hydrogens is 421 g/mol. The first kappa shape index (κ1) is 25.3. The minimum atomic E-state index is -4.37. The molecule has 1 unspecified atom stereocenters. The third-order valence-electron chi connectivity index (χ3n) is 7.20. The van der Waals surface area contributed by atoms with Crippen LogP contribution in [0.25, 0.3) is 0 Å². The van der Waals surface area contributed by atoms with Gasteiger partial charge in [-0.15, -0.1) is 0 Å². The number of hydrogen-bond donors (Lipinski definition) is 0. The number of nitrogens with zero attached hydrogens (tertiary/aromatic N) is 2. The molecule has 2 aromatic rings. The van der Waals surface area contributed by atoms with Gasteiger partial charge >= 0.3 is 6.18 Å². The van der Waals surface area contributed by atoms with Gasteiger partial charge in [0.15, 0.2) is 0 Å². The number of alkyl halides is 3. The first-order valence-electron chi connectivity index (χ1n) is 12.1. The molecule has 1 saturated carbocycles. The lowest BCUT2D eigenvalue weighted by atomic mass is 9.63. The van der Waals surface area contributed by atoms with Gasteiger partial charge in [0, 0.05) is 12.6 Å². The van der Waals surface area contributed by atoms with Crippen LogP contribution in [0, 0.1) is 17.2 Å². The van der Waals surface area contributed by atoms with Crippen LogP contribution in [-0.4, -0.2) is 17.5 Å². The minimum Gasteiger partial charge on any atom is -0.297 e. The lowest BCUT2D eigenvalue weighted by molar-refractivity contribution is -0.137. The van der Waals surface area contributed by atoms with Crippen molar-refractivity contribution in [3.8, 4) is 6.07 Å². The van der Waals surface area contributed by atoms with Crippen molar-refractivity contribution in [1.82, 2.24) is 4.90 Å². The molecule has 1 aliphatic rings. The molecule has 0 radical (unpaired) electrons. The molecule has 0 saturated heterocycles. The van der Waals surface area contributed by atoms with Crippen molar-refractivity contribution in [3.63, 3.8) is 0 Å². The summed E-state index contributed by atoms with van der Waals surface area (Å²) in [5.41, 5.74) is 0.604. The molecule has 0 aliphatic heterocycles. The van der Waals surface area contributed by atoms with Crippen molar-refractivity contribution in [2.24, 2.45) is 5.92 Å². The normalized spacial score (nSPS) is 17.2. The molecule has 5 heteroatoms. The molecule has 0 bridgehead atoms. The van der Waals surface area contributed by atoms with Gasteiger partial charge in [-0.2, -0.15) is 18.4 Å². The quantitative estimate of drug-likeness (QED) is 0.386. The van der Waals surface area contributed by atoms with Crippen molar-refractivity contribution in [2.75, 3.05) is 6.54 Å². The summed E-state index contributed by atoms with van der Waals surface area (Å²) in [7, 11) is 0. The summed E-state index contributed by atoms with van der Waals surface area (Å²) in [5.74, 6) is 0.189. The van der Waals surface area contributed by atoms with Crippen molar-refractivity contribution in [1.29, 1.82) is 5.26 Å². The van der Waals surface area contributed by atoms with Gasteiger partial charge in [0.25, 0.3) is 0 Å². The molecule has 3 rings (SSSR count). The van der Waals surface area contributed by atoms with Crippen LogP contribution in [0.1, 0.15) is 75.5 Å². The average molecular weight is 457 g/mol. The highest BCUT2D eigenvalue weighted by molar-refractivity contribution is 5.37. The van der Waals surface area contributed by atoms with E-state index in [1.807, 2.05) is 18.2 Å². The Morgan fingerprint density at radius 1 is 0.939 bits per heavy atom. The van der Waals surface area contributed by atoms with Crippen LogP contribution < -0.4 is 0 Å². The molecule has 1 aliphatic carbocycles. The van der Waals surface area contributed by atoms with Gasteiger partial charge in [0.2, 0.25) is 0 Å². The first-order valence-corrected chi connectivity index (χ1v) is 12.1. The second kappa shape index (κ2) is 11.2. The van der Waals surface area contributed by atoms with Gasteiger partial charge in [-0.25, -0.2) is 0 Å². The van der Waals surface area contributed by atoms with E-state index in [1.165, 1.54) is 12.0 Å². The predicted molar refractivity (Wildman–Crippen MR) is 127 cm³/mol. The first-order chi connectivity index (χ1) is 15.8. The standard InChI is InChI=1S/C28H35F3N2/c1-22(2)33(20-23-10-5-3-6-11-23)19-9-18-27(21-32,24-12-7-4-8-13-24)25-14-16-26(17-15-25)28(29,30)31/h3,5-6,10-11,14-17,22,24H,4,7-9,12-13,18-20H2,1-2H3. The van der Waals surface area contributed by atoms with Crippen LogP contribution in [0.4, 0.5) is 13.2 Å². The second-order valence-electron chi connectivity index (χ2n) is 9.65. The molecule has 1 fully saturated rings. The van der Waals surface area contributed by atoms with Gasteiger partial charge < -0.3 is 0 Å². The fourth-order valence-corrected chi connectivity index (χ4v) is 5.25. The molecule has 0 heterocycles. The Bertz CT molecular complexity index is 893. The third kappa shape index (κ3) is 6.38. The van der Waals surface area contributed by atoms with Crippen molar-refractivity contribution < 1.29 is 13.2 Å². The lowest BCUT2D eigenvalue weighted by Gasteiger charge is -2.39. The molecule has 2 nitrogen and oxygen atoms in total. The fraction of sp³-hybridized carbons (Fsp3) is 0.536. The highest BCUT2D eigenvalue weighted by atomic mass is 19.4. The van der Waals surface area contributed by atoms with Crippen LogP contribution in [0.5, 0.6) is 0 Å². The molecule has 2 aromatic carbocycles. The van der Waals surface area contributed by atoms with Gasteiger partial charge in [0.05, 0.1) is 17.0 Å². The average Bonchev–Trinajstić information content (AvgIpc) is 2.82. The molecule has 0 amide bonds. The van der Waals surface area contributed by atoms with E-state index < -0.39 is 17.2 Å². The molecule has 33 heavy (non-hydrogen) atoms. The van der Waals surface area contributed by atoms with Crippen molar-refractivity contribution >= 4 is 0 Å². The predicted octanol–water partition coefficient (Wildman–Crippen LogP) is 7.74. The Labute approximate surface area is 196 Å². The summed E-state index contributed by atoms with van der Waals surface area (Å²) >= 11 is 0. The number of nitriles is 1. The molecule has 0 aromatic heterocycles. The summed E-state index contributed by atoms with van der Waals surface area (Å²) in [6.45, 7) is 6.06. The van der Waals surface area contributed by atoms with E-state index in [4.69, 9.17) is 0 Å².